The Kier molecular flexibility index (Phi) is 5.78. The Hall–Kier alpha value is -1.92. The van der Waals surface area contributed by atoms with E-state index in [-0.39, 0.29) is 11.8 Å². The molecule has 31 heavy (non-hydrogen) atoms. The molecule has 3 aliphatic rings. The third kappa shape index (κ3) is 4.00. The van der Waals surface area contributed by atoms with Gasteiger partial charge in [0.15, 0.2) is 0 Å². The molecular formula is C25H32N2O3S. The zero-order valence-electron chi connectivity index (χ0n) is 18.1. The average Bonchev–Trinajstić information content (AvgIpc) is 2.83. The van der Waals surface area contributed by atoms with E-state index in [0.29, 0.717) is 42.8 Å². The highest BCUT2D eigenvalue weighted by molar-refractivity contribution is 7.89. The molecule has 0 N–H and O–H groups in total. The van der Waals surface area contributed by atoms with Crippen LogP contribution < -0.4 is 0 Å². The number of nitrogens with zero attached hydrogens (tertiary/aromatic N) is 2. The molecule has 1 saturated carbocycles. The summed E-state index contributed by atoms with van der Waals surface area (Å²) in [6.07, 6.45) is 8.56. The lowest BCUT2D eigenvalue weighted by atomic mass is 9.77. The van der Waals surface area contributed by atoms with Gasteiger partial charge in [0.05, 0.1) is 4.90 Å². The third-order valence-corrected chi connectivity index (χ3v) is 9.58. The van der Waals surface area contributed by atoms with E-state index in [4.69, 9.17) is 0 Å². The van der Waals surface area contributed by atoms with Crippen LogP contribution in [-0.4, -0.2) is 49.2 Å². The first-order chi connectivity index (χ1) is 15.0. The minimum atomic E-state index is -3.54. The van der Waals surface area contributed by atoms with Gasteiger partial charge in [-0.05, 0) is 67.3 Å². The van der Waals surface area contributed by atoms with Crippen molar-refractivity contribution in [1.82, 2.24) is 9.21 Å². The van der Waals surface area contributed by atoms with E-state index in [1.165, 1.54) is 25.7 Å². The van der Waals surface area contributed by atoms with Gasteiger partial charge in [0.2, 0.25) is 15.9 Å². The van der Waals surface area contributed by atoms with Crippen molar-refractivity contribution in [2.24, 2.45) is 11.8 Å². The number of benzene rings is 2. The van der Waals surface area contributed by atoms with Crippen LogP contribution in [-0.2, 0) is 14.8 Å². The van der Waals surface area contributed by atoms with Gasteiger partial charge < -0.3 is 4.90 Å². The minimum Gasteiger partial charge on any atom is -0.339 e. The summed E-state index contributed by atoms with van der Waals surface area (Å²) in [7, 11) is -3.54. The Morgan fingerprint density at radius 2 is 1.52 bits per heavy atom. The number of fused-ring (bicyclic) bond motifs is 2. The number of sulfonamides is 1. The van der Waals surface area contributed by atoms with Crippen LogP contribution in [0, 0.1) is 11.8 Å². The van der Waals surface area contributed by atoms with Crippen LogP contribution in [0.4, 0.5) is 0 Å². The van der Waals surface area contributed by atoms with Gasteiger partial charge in [0.1, 0.15) is 0 Å². The van der Waals surface area contributed by atoms with Crippen LogP contribution in [0.1, 0.15) is 51.4 Å². The number of rotatable bonds is 3. The fraction of sp³-hybridized carbons (Fsp3) is 0.560. The first kappa shape index (κ1) is 21.0. The van der Waals surface area contributed by atoms with Crippen molar-refractivity contribution >= 4 is 26.7 Å². The molecule has 1 amide bonds. The summed E-state index contributed by atoms with van der Waals surface area (Å²) < 4.78 is 28.0. The van der Waals surface area contributed by atoms with Gasteiger partial charge in [-0.25, -0.2) is 8.42 Å². The molecule has 2 heterocycles. The van der Waals surface area contributed by atoms with Crippen molar-refractivity contribution in [3.8, 4) is 0 Å². The summed E-state index contributed by atoms with van der Waals surface area (Å²) in [5, 5.41) is 1.97. The van der Waals surface area contributed by atoms with E-state index in [1.807, 2.05) is 30.3 Å². The molecule has 0 radical (unpaired) electrons. The fourth-order valence-corrected chi connectivity index (χ4v) is 7.46. The minimum absolute atomic E-state index is 0.0382. The predicted molar refractivity (Wildman–Crippen MR) is 122 cm³/mol. The molecule has 0 spiro atoms. The molecule has 3 fully saturated rings. The van der Waals surface area contributed by atoms with Crippen LogP contribution in [0.15, 0.2) is 47.4 Å². The Labute approximate surface area is 185 Å². The third-order valence-electron chi connectivity index (χ3n) is 7.69. The number of piperidine rings is 2. The van der Waals surface area contributed by atoms with E-state index in [2.05, 4.69) is 4.90 Å². The Morgan fingerprint density at radius 3 is 2.32 bits per heavy atom. The Morgan fingerprint density at radius 1 is 0.806 bits per heavy atom. The average molecular weight is 441 g/mol. The molecule has 5 nitrogen and oxygen atoms in total. The molecule has 2 aliphatic heterocycles. The summed E-state index contributed by atoms with van der Waals surface area (Å²) >= 11 is 0. The standard InChI is InChI=1S/C25H32N2O3S/c28-25(27-15-5-9-20-7-3-4-10-24(20)27)21-13-16-26(17-14-21)31(29,30)23-12-11-19-6-1-2-8-22(19)18-23/h1-2,6,8,11-12,18,20-21,24H,3-5,7,9-10,13-17H2. The maximum absolute atomic E-state index is 13.3. The van der Waals surface area contributed by atoms with Gasteiger partial charge in [0.25, 0.3) is 0 Å². The summed E-state index contributed by atoms with van der Waals surface area (Å²) in [4.78, 5) is 15.9. The number of amides is 1. The van der Waals surface area contributed by atoms with Crippen molar-refractivity contribution in [3.05, 3.63) is 42.5 Å². The summed E-state index contributed by atoms with van der Waals surface area (Å²) in [5.41, 5.74) is 0. The molecule has 166 valence electrons. The first-order valence-electron chi connectivity index (χ1n) is 11.8. The van der Waals surface area contributed by atoms with Gasteiger partial charge in [-0.1, -0.05) is 43.2 Å². The number of hydrogen-bond donors (Lipinski definition) is 0. The first-order valence-corrected chi connectivity index (χ1v) is 13.3. The van der Waals surface area contributed by atoms with Gasteiger partial charge >= 0.3 is 0 Å². The summed E-state index contributed by atoms with van der Waals surface area (Å²) in [6.45, 7) is 1.73. The van der Waals surface area contributed by atoms with Crippen molar-refractivity contribution in [2.75, 3.05) is 19.6 Å². The van der Waals surface area contributed by atoms with E-state index in [9.17, 15) is 13.2 Å². The van der Waals surface area contributed by atoms with Crippen LogP contribution in [0.25, 0.3) is 10.8 Å². The molecular weight excluding hydrogens is 408 g/mol. The fourth-order valence-electron chi connectivity index (χ4n) is 5.95. The lowest BCUT2D eigenvalue weighted by molar-refractivity contribution is -0.143. The zero-order valence-corrected chi connectivity index (χ0v) is 18.9. The van der Waals surface area contributed by atoms with Gasteiger partial charge in [-0.2, -0.15) is 4.31 Å². The van der Waals surface area contributed by atoms with Gasteiger partial charge in [0, 0.05) is 31.6 Å². The highest BCUT2D eigenvalue weighted by Crippen LogP contribution is 2.37. The van der Waals surface area contributed by atoms with Crippen molar-refractivity contribution in [1.29, 1.82) is 0 Å². The number of carbonyl (C=O) groups excluding carboxylic acids is 1. The van der Waals surface area contributed by atoms with Crippen LogP contribution in [0.3, 0.4) is 0 Å². The molecule has 0 bridgehead atoms. The zero-order chi connectivity index (χ0) is 21.4. The lowest BCUT2D eigenvalue weighted by Gasteiger charge is -2.46. The van der Waals surface area contributed by atoms with Crippen molar-refractivity contribution in [2.45, 2.75) is 62.3 Å². The number of hydrogen-bond acceptors (Lipinski definition) is 3. The predicted octanol–water partition coefficient (Wildman–Crippen LogP) is 4.42. The summed E-state index contributed by atoms with van der Waals surface area (Å²) in [5.74, 6) is 0.919. The SMILES string of the molecule is O=C(C1CCN(S(=O)(=O)c2ccc3ccccc3c2)CC1)N1CCCC2CCCCC21. The van der Waals surface area contributed by atoms with Crippen LogP contribution >= 0.6 is 0 Å². The molecule has 6 heteroatoms. The highest BCUT2D eigenvalue weighted by Gasteiger charge is 2.40. The van der Waals surface area contributed by atoms with Crippen LogP contribution in [0.2, 0.25) is 0 Å². The molecule has 2 saturated heterocycles. The Bertz CT molecular complexity index is 1060. The molecule has 5 rings (SSSR count). The maximum atomic E-state index is 13.3. The van der Waals surface area contributed by atoms with Gasteiger partial charge in [-0.3, -0.25) is 4.79 Å². The monoisotopic (exact) mass is 440 g/mol. The molecule has 2 atom stereocenters. The molecule has 2 aromatic carbocycles. The van der Waals surface area contributed by atoms with E-state index >= 15 is 0 Å². The quantitative estimate of drug-likeness (QED) is 0.710. The number of carbonyl (C=O) groups is 1. The van der Waals surface area contributed by atoms with Crippen molar-refractivity contribution in [3.63, 3.8) is 0 Å². The number of likely N-dealkylation sites (tertiary alicyclic amines) is 1. The van der Waals surface area contributed by atoms with E-state index in [1.54, 1.807) is 16.4 Å². The van der Waals surface area contributed by atoms with Gasteiger partial charge in [-0.15, -0.1) is 0 Å². The lowest BCUT2D eigenvalue weighted by Crippen LogP contribution is -2.53. The Balaban J connectivity index is 1.26. The second-order valence-corrected chi connectivity index (χ2v) is 11.4. The van der Waals surface area contributed by atoms with E-state index in [0.717, 1.165) is 30.2 Å². The normalized spacial score (nSPS) is 26.0. The van der Waals surface area contributed by atoms with E-state index < -0.39 is 10.0 Å². The van der Waals surface area contributed by atoms with Crippen LogP contribution in [0.5, 0.6) is 0 Å². The molecule has 0 aromatic heterocycles. The second-order valence-electron chi connectivity index (χ2n) is 9.47. The molecule has 2 unspecified atom stereocenters. The molecule has 2 aromatic rings. The topological polar surface area (TPSA) is 57.7 Å². The smallest absolute Gasteiger partial charge is 0.243 e. The largest absolute Gasteiger partial charge is 0.339 e. The second kappa shape index (κ2) is 8.55. The maximum Gasteiger partial charge on any atom is 0.243 e. The molecule has 1 aliphatic carbocycles. The van der Waals surface area contributed by atoms with Crippen molar-refractivity contribution < 1.29 is 13.2 Å². The highest BCUT2D eigenvalue weighted by atomic mass is 32.2. The summed E-state index contributed by atoms with van der Waals surface area (Å²) in [6, 6.07) is 13.6.